The molecular formula is C16H24N4. The first-order valence-corrected chi connectivity index (χ1v) is 7.25. The Bertz CT molecular complexity index is 539. The summed E-state index contributed by atoms with van der Waals surface area (Å²) in [7, 11) is 2.05. The van der Waals surface area contributed by atoms with Crippen molar-refractivity contribution in [2.24, 2.45) is 7.05 Å². The first-order valence-electron chi connectivity index (χ1n) is 7.25. The molecule has 4 heteroatoms. The second kappa shape index (κ2) is 6.66. The van der Waals surface area contributed by atoms with Crippen LogP contribution in [0.15, 0.2) is 24.5 Å². The van der Waals surface area contributed by atoms with E-state index in [0.29, 0.717) is 6.04 Å². The summed E-state index contributed by atoms with van der Waals surface area (Å²) < 4.78 is 2.09. The lowest BCUT2D eigenvalue weighted by Crippen LogP contribution is -2.22. The number of aromatic nitrogens is 3. The lowest BCUT2D eigenvalue weighted by atomic mass is 10.0. The smallest absolute Gasteiger partial charge is 0.108 e. The van der Waals surface area contributed by atoms with E-state index in [2.05, 4.69) is 52.8 Å². The van der Waals surface area contributed by atoms with E-state index in [0.717, 1.165) is 36.6 Å². The van der Waals surface area contributed by atoms with Crippen LogP contribution in [0.2, 0.25) is 0 Å². The highest BCUT2D eigenvalue weighted by atomic mass is 15.0. The molecule has 2 rings (SSSR count). The van der Waals surface area contributed by atoms with Crippen LogP contribution in [0.5, 0.6) is 0 Å². The third-order valence-corrected chi connectivity index (χ3v) is 3.53. The van der Waals surface area contributed by atoms with E-state index in [9.17, 15) is 0 Å². The fraction of sp³-hybridized carbons (Fsp3) is 0.500. The number of pyridine rings is 1. The maximum absolute atomic E-state index is 4.46. The van der Waals surface area contributed by atoms with E-state index in [1.807, 2.05) is 19.4 Å². The molecule has 2 aromatic heterocycles. The van der Waals surface area contributed by atoms with Gasteiger partial charge in [-0.05, 0) is 44.5 Å². The quantitative estimate of drug-likeness (QED) is 0.879. The SMILES string of the molecule is CCNC(CCc1nccn1C)c1cc(C)nc(C)c1. The molecule has 0 aliphatic carbocycles. The van der Waals surface area contributed by atoms with Gasteiger partial charge in [0.05, 0.1) is 0 Å². The van der Waals surface area contributed by atoms with Crippen LogP contribution in [0.1, 0.15) is 42.2 Å². The average molecular weight is 272 g/mol. The Morgan fingerprint density at radius 2 is 1.95 bits per heavy atom. The van der Waals surface area contributed by atoms with E-state index in [1.165, 1.54) is 5.56 Å². The van der Waals surface area contributed by atoms with Crippen molar-refractivity contribution in [2.45, 2.75) is 39.7 Å². The standard InChI is InChI=1S/C16H24N4/c1-5-17-15(6-7-16-18-8-9-20(16)4)14-10-12(2)19-13(3)11-14/h8-11,15,17H,5-7H2,1-4H3. The monoisotopic (exact) mass is 272 g/mol. The molecule has 2 heterocycles. The van der Waals surface area contributed by atoms with Gasteiger partial charge in [-0.3, -0.25) is 4.98 Å². The molecule has 4 nitrogen and oxygen atoms in total. The molecule has 2 aromatic rings. The minimum absolute atomic E-state index is 0.358. The Balaban J connectivity index is 2.12. The number of rotatable bonds is 6. The summed E-state index contributed by atoms with van der Waals surface area (Å²) in [6.07, 6.45) is 5.87. The normalized spacial score (nSPS) is 12.6. The first kappa shape index (κ1) is 14.7. The highest BCUT2D eigenvalue weighted by molar-refractivity contribution is 5.23. The Kier molecular flexibility index (Phi) is 4.90. The van der Waals surface area contributed by atoms with Crippen molar-refractivity contribution in [3.8, 4) is 0 Å². The van der Waals surface area contributed by atoms with Gasteiger partial charge in [0.25, 0.3) is 0 Å². The topological polar surface area (TPSA) is 42.7 Å². The first-order chi connectivity index (χ1) is 9.60. The van der Waals surface area contributed by atoms with E-state index < -0.39 is 0 Å². The molecule has 0 aliphatic rings. The summed E-state index contributed by atoms with van der Waals surface area (Å²) in [5.41, 5.74) is 3.49. The zero-order chi connectivity index (χ0) is 14.5. The van der Waals surface area contributed by atoms with Gasteiger partial charge < -0.3 is 9.88 Å². The fourth-order valence-electron chi connectivity index (χ4n) is 2.61. The highest BCUT2D eigenvalue weighted by Crippen LogP contribution is 2.20. The van der Waals surface area contributed by atoms with Crippen molar-refractivity contribution < 1.29 is 0 Å². The third kappa shape index (κ3) is 3.67. The maximum Gasteiger partial charge on any atom is 0.108 e. The summed E-state index contributed by atoms with van der Waals surface area (Å²) in [4.78, 5) is 8.86. The van der Waals surface area contributed by atoms with Crippen LogP contribution in [-0.4, -0.2) is 21.1 Å². The minimum Gasteiger partial charge on any atom is -0.338 e. The average Bonchev–Trinajstić information content (AvgIpc) is 2.79. The van der Waals surface area contributed by atoms with Gasteiger partial charge in [-0.15, -0.1) is 0 Å². The summed E-state index contributed by atoms with van der Waals surface area (Å²) in [5.74, 6) is 1.13. The Morgan fingerprint density at radius 3 is 2.50 bits per heavy atom. The summed E-state index contributed by atoms with van der Waals surface area (Å²) >= 11 is 0. The molecule has 0 saturated heterocycles. The van der Waals surface area contributed by atoms with Crippen LogP contribution in [0.25, 0.3) is 0 Å². The summed E-state index contributed by atoms with van der Waals surface area (Å²) in [6.45, 7) is 7.22. The van der Waals surface area contributed by atoms with Crippen LogP contribution in [0.3, 0.4) is 0 Å². The molecule has 0 spiro atoms. The van der Waals surface area contributed by atoms with Crippen LogP contribution < -0.4 is 5.32 Å². The van der Waals surface area contributed by atoms with Crippen molar-refractivity contribution in [3.63, 3.8) is 0 Å². The zero-order valence-electron chi connectivity index (χ0n) is 12.8. The van der Waals surface area contributed by atoms with E-state index in [-0.39, 0.29) is 0 Å². The molecule has 20 heavy (non-hydrogen) atoms. The van der Waals surface area contributed by atoms with Crippen molar-refractivity contribution in [2.75, 3.05) is 6.54 Å². The third-order valence-electron chi connectivity index (χ3n) is 3.53. The molecular weight excluding hydrogens is 248 g/mol. The van der Waals surface area contributed by atoms with Gasteiger partial charge in [0.2, 0.25) is 0 Å². The predicted octanol–water partition coefficient (Wildman–Crippen LogP) is 2.72. The Morgan fingerprint density at radius 1 is 1.25 bits per heavy atom. The van der Waals surface area contributed by atoms with Crippen LogP contribution >= 0.6 is 0 Å². The van der Waals surface area contributed by atoms with Crippen LogP contribution in [0.4, 0.5) is 0 Å². The van der Waals surface area contributed by atoms with Gasteiger partial charge in [0.15, 0.2) is 0 Å². The second-order valence-electron chi connectivity index (χ2n) is 5.29. The molecule has 0 aliphatic heterocycles. The fourth-order valence-corrected chi connectivity index (χ4v) is 2.61. The maximum atomic E-state index is 4.46. The molecule has 0 fully saturated rings. The number of hydrogen-bond donors (Lipinski definition) is 1. The number of nitrogens with zero attached hydrogens (tertiary/aromatic N) is 3. The van der Waals surface area contributed by atoms with E-state index in [1.54, 1.807) is 0 Å². The predicted molar refractivity (Wildman–Crippen MR) is 81.7 cm³/mol. The van der Waals surface area contributed by atoms with Crippen molar-refractivity contribution in [1.82, 2.24) is 19.9 Å². The lowest BCUT2D eigenvalue weighted by Gasteiger charge is -2.19. The number of nitrogens with one attached hydrogen (secondary N) is 1. The van der Waals surface area contributed by atoms with Gasteiger partial charge in [-0.1, -0.05) is 6.92 Å². The largest absolute Gasteiger partial charge is 0.338 e. The zero-order valence-corrected chi connectivity index (χ0v) is 12.8. The van der Waals surface area contributed by atoms with E-state index in [4.69, 9.17) is 0 Å². The van der Waals surface area contributed by atoms with Crippen molar-refractivity contribution in [1.29, 1.82) is 0 Å². The molecule has 1 atom stereocenters. The van der Waals surface area contributed by atoms with Crippen molar-refractivity contribution >= 4 is 0 Å². The number of hydrogen-bond acceptors (Lipinski definition) is 3. The van der Waals surface area contributed by atoms with Gasteiger partial charge >= 0.3 is 0 Å². The molecule has 1 N–H and O–H groups in total. The van der Waals surface area contributed by atoms with Gasteiger partial charge in [-0.2, -0.15) is 0 Å². The molecule has 0 saturated carbocycles. The Labute approximate surface area is 121 Å². The van der Waals surface area contributed by atoms with Gasteiger partial charge in [0, 0.05) is 43.3 Å². The minimum atomic E-state index is 0.358. The highest BCUT2D eigenvalue weighted by Gasteiger charge is 2.13. The second-order valence-corrected chi connectivity index (χ2v) is 5.29. The summed E-state index contributed by atoms with van der Waals surface area (Å²) in [6, 6.07) is 4.72. The number of aryl methyl sites for hydroxylation is 4. The van der Waals surface area contributed by atoms with Crippen LogP contribution in [-0.2, 0) is 13.5 Å². The molecule has 0 radical (unpaired) electrons. The van der Waals surface area contributed by atoms with E-state index >= 15 is 0 Å². The van der Waals surface area contributed by atoms with Gasteiger partial charge in [-0.25, -0.2) is 4.98 Å². The Hall–Kier alpha value is -1.68. The molecule has 108 valence electrons. The van der Waals surface area contributed by atoms with Crippen LogP contribution in [0, 0.1) is 13.8 Å². The summed E-state index contributed by atoms with van der Waals surface area (Å²) in [5, 5.41) is 3.57. The number of imidazole rings is 1. The molecule has 0 aromatic carbocycles. The molecule has 0 bridgehead atoms. The lowest BCUT2D eigenvalue weighted by molar-refractivity contribution is 0.504. The van der Waals surface area contributed by atoms with Gasteiger partial charge in [0.1, 0.15) is 5.82 Å². The molecule has 0 amide bonds. The van der Waals surface area contributed by atoms with Crippen molar-refractivity contribution in [3.05, 3.63) is 47.3 Å². The molecule has 1 unspecified atom stereocenters.